The van der Waals surface area contributed by atoms with Gasteiger partial charge in [-0.25, -0.2) is 4.79 Å². The van der Waals surface area contributed by atoms with Crippen molar-refractivity contribution in [3.05, 3.63) is 0 Å². The van der Waals surface area contributed by atoms with Crippen LogP contribution in [0.4, 0.5) is 4.79 Å². The molecule has 4 heteroatoms. The Kier molecular flexibility index (Phi) is 4.88. The molecule has 1 N–H and O–H groups in total. The monoisotopic (exact) mass is 213 g/mol. The predicted octanol–water partition coefficient (Wildman–Crippen LogP) is 1.13. The van der Waals surface area contributed by atoms with Crippen molar-refractivity contribution < 1.29 is 4.79 Å². The van der Waals surface area contributed by atoms with Gasteiger partial charge < -0.3 is 15.1 Å². The van der Waals surface area contributed by atoms with E-state index in [0.29, 0.717) is 6.04 Å². The highest BCUT2D eigenvalue weighted by atomic mass is 16.2. The first kappa shape index (κ1) is 12.3. The molecule has 1 saturated heterocycles. The standard InChI is InChI=1S/C11H23N3O/c1-4-12-10-6-8-14(9-7-10)11(15)13(3)5-2/h10,12H,4-9H2,1-3H3. The molecule has 2 amide bonds. The van der Waals surface area contributed by atoms with E-state index < -0.39 is 0 Å². The summed E-state index contributed by atoms with van der Waals surface area (Å²) in [4.78, 5) is 15.6. The Morgan fingerprint density at radius 3 is 2.47 bits per heavy atom. The molecule has 0 aromatic rings. The summed E-state index contributed by atoms with van der Waals surface area (Å²) in [6.07, 6.45) is 2.16. The Morgan fingerprint density at radius 1 is 1.40 bits per heavy atom. The summed E-state index contributed by atoms with van der Waals surface area (Å²) in [5.74, 6) is 0. The highest BCUT2D eigenvalue weighted by Gasteiger charge is 2.23. The van der Waals surface area contributed by atoms with Gasteiger partial charge in [0, 0.05) is 32.7 Å². The Bertz CT molecular complexity index is 200. The fourth-order valence-corrected chi connectivity index (χ4v) is 1.94. The van der Waals surface area contributed by atoms with Crippen LogP contribution in [-0.4, -0.2) is 55.1 Å². The zero-order valence-electron chi connectivity index (χ0n) is 10.1. The van der Waals surface area contributed by atoms with Crippen LogP contribution in [0.25, 0.3) is 0 Å². The first-order chi connectivity index (χ1) is 7.19. The molecule has 1 fully saturated rings. The molecule has 0 saturated carbocycles. The van der Waals surface area contributed by atoms with Gasteiger partial charge in [0.05, 0.1) is 0 Å². The van der Waals surface area contributed by atoms with Crippen molar-refractivity contribution in [2.24, 2.45) is 0 Å². The number of rotatable bonds is 3. The van der Waals surface area contributed by atoms with Crippen LogP contribution in [0.15, 0.2) is 0 Å². The molecule has 1 heterocycles. The lowest BCUT2D eigenvalue weighted by Gasteiger charge is -2.34. The lowest BCUT2D eigenvalue weighted by molar-refractivity contribution is 0.147. The maximum Gasteiger partial charge on any atom is 0.319 e. The Balaban J connectivity index is 2.33. The fraction of sp³-hybridized carbons (Fsp3) is 0.909. The molecule has 1 aliphatic heterocycles. The van der Waals surface area contributed by atoms with E-state index in [4.69, 9.17) is 0 Å². The first-order valence-corrected chi connectivity index (χ1v) is 5.92. The minimum absolute atomic E-state index is 0.174. The van der Waals surface area contributed by atoms with Gasteiger partial charge in [0.1, 0.15) is 0 Å². The summed E-state index contributed by atoms with van der Waals surface area (Å²) in [6, 6.07) is 0.776. The van der Waals surface area contributed by atoms with Crippen molar-refractivity contribution in [3.8, 4) is 0 Å². The van der Waals surface area contributed by atoms with E-state index in [1.54, 1.807) is 4.90 Å². The van der Waals surface area contributed by atoms with Crippen molar-refractivity contribution in [1.29, 1.82) is 0 Å². The van der Waals surface area contributed by atoms with E-state index in [-0.39, 0.29) is 6.03 Å². The van der Waals surface area contributed by atoms with Crippen LogP contribution in [0.5, 0.6) is 0 Å². The maximum absolute atomic E-state index is 11.8. The lowest BCUT2D eigenvalue weighted by Crippen LogP contribution is -2.48. The molecular weight excluding hydrogens is 190 g/mol. The number of amides is 2. The number of hydrogen-bond acceptors (Lipinski definition) is 2. The molecule has 88 valence electrons. The van der Waals surface area contributed by atoms with Crippen molar-refractivity contribution in [2.45, 2.75) is 32.7 Å². The fourth-order valence-electron chi connectivity index (χ4n) is 1.94. The summed E-state index contributed by atoms with van der Waals surface area (Å²) in [5.41, 5.74) is 0. The van der Waals surface area contributed by atoms with Crippen molar-refractivity contribution >= 4 is 6.03 Å². The molecule has 0 atom stereocenters. The third kappa shape index (κ3) is 3.38. The molecule has 0 radical (unpaired) electrons. The van der Waals surface area contributed by atoms with E-state index in [1.807, 2.05) is 18.9 Å². The van der Waals surface area contributed by atoms with Crippen molar-refractivity contribution in [2.75, 3.05) is 33.2 Å². The van der Waals surface area contributed by atoms with Crippen molar-refractivity contribution in [1.82, 2.24) is 15.1 Å². The molecule has 4 nitrogen and oxygen atoms in total. The molecule has 1 aliphatic rings. The van der Waals surface area contributed by atoms with Crippen LogP contribution in [0.2, 0.25) is 0 Å². The number of carbonyl (C=O) groups excluding carboxylic acids is 1. The normalized spacial score (nSPS) is 17.9. The Hall–Kier alpha value is -0.770. The van der Waals surface area contributed by atoms with Crippen LogP contribution in [0.3, 0.4) is 0 Å². The number of nitrogens with zero attached hydrogens (tertiary/aromatic N) is 2. The predicted molar refractivity (Wildman–Crippen MR) is 62.0 cm³/mol. The third-order valence-corrected chi connectivity index (χ3v) is 3.06. The molecule has 0 aliphatic carbocycles. The largest absolute Gasteiger partial charge is 0.328 e. The van der Waals surface area contributed by atoms with Gasteiger partial charge in [0.2, 0.25) is 0 Å². The van der Waals surface area contributed by atoms with Crippen LogP contribution >= 0.6 is 0 Å². The van der Waals surface area contributed by atoms with Gasteiger partial charge in [-0.2, -0.15) is 0 Å². The number of urea groups is 1. The molecule has 0 bridgehead atoms. The van der Waals surface area contributed by atoms with Gasteiger partial charge in [0.25, 0.3) is 0 Å². The van der Waals surface area contributed by atoms with Gasteiger partial charge in [-0.1, -0.05) is 6.92 Å². The van der Waals surface area contributed by atoms with Crippen LogP contribution in [0.1, 0.15) is 26.7 Å². The zero-order valence-corrected chi connectivity index (χ0v) is 10.1. The summed E-state index contributed by atoms with van der Waals surface area (Å²) in [6.45, 7) is 7.72. The second-order valence-electron chi connectivity index (χ2n) is 4.12. The summed E-state index contributed by atoms with van der Waals surface area (Å²) < 4.78 is 0. The number of hydrogen-bond donors (Lipinski definition) is 1. The van der Waals surface area contributed by atoms with E-state index >= 15 is 0 Å². The van der Waals surface area contributed by atoms with Crippen LogP contribution in [0, 0.1) is 0 Å². The smallest absolute Gasteiger partial charge is 0.319 e. The highest BCUT2D eigenvalue weighted by Crippen LogP contribution is 2.11. The quantitative estimate of drug-likeness (QED) is 0.763. The summed E-state index contributed by atoms with van der Waals surface area (Å²) in [7, 11) is 1.86. The van der Waals surface area contributed by atoms with E-state index in [2.05, 4.69) is 12.2 Å². The van der Waals surface area contributed by atoms with Crippen LogP contribution < -0.4 is 5.32 Å². The van der Waals surface area contributed by atoms with Gasteiger partial charge in [-0.3, -0.25) is 0 Å². The third-order valence-electron chi connectivity index (χ3n) is 3.06. The van der Waals surface area contributed by atoms with Gasteiger partial charge in [-0.15, -0.1) is 0 Å². The Labute approximate surface area is 92.6 Å². The molecular formula is C11H23N3O. The van der Waals surface area contributed by atoms with Crippen molar-refractivity contribution in [3.63, 3.8) is 0 Å². The number of carbonyl (C=O) groups is 1. The number of nitrogens with one attached hydrogen (secondary N) is 1. The van der Waals surface area contributed by atoms with E-state index in [0.717, 1.165) is 39.0 Å². The van der Waals surface area contributed by atoms with Gasteiger partial charge >= 0.3 is 6.03 Å². The Morgan fingerprint density at radius 2 is 2.00 bits per heavy atom. The van der Waals surface area contributed by atoms with E-state index in [1.165, 1.54) is 0 Å². The van der Waals surface area contributed by atoms with Gasteiger partial charge in [0.15, 0.2) is 0 Å². The maximum atomic E-state index is 11.8. The number of likely N-dealkylation sites (tertiary alicyclic amines) is 1. The van der Waals surface area contributed by atoms with Crippen LogP contribution in [-0.2, 0) is 0 Å². The molecule has 0 spiro atoms. The highest BCUT2D eigenvalue weighted by molar-refractivity contribution is 5.74. The second-order valence-corrected chi connectivity index (χ2v) is 4.12. The zero-order chi connectivity index (χ0) is 11.3. The molecule has 0 aromatic carbocycles. The summed E-state index contributed by atoms with van der Waals surface area (Å²) >= 11 is 0. The SMILES string of the molecule is CCNC1CCN(C(=O)N(C)CC)CC1. The second kappa shape index (κ2) is 5.95. The minimum atomic E-state index is 0.174. The lowest BCUT2D eigenvalue weighted by atomic mass is 10.1. The molecule has 0 unspecified atom stereocenters. The average molecular weight is 213 g/mol. The van der Waals surface area contributed by atoms with Gasteiger partial charge in [-0.05, 0) is 26.3 Å². The topological polar surface area (TPSA) is 35.6 Å². The molecule has 0 aromatic heterocycles. The molecule has 1 rings (SSSR count). The molecule has 15 heavy (non-hydrogen) atoms. The average Bonchev–Trinajstić information content (AvgIpc) is 2.28. The minimum Gasteiger partial charge on any atom is -0.328 e. The van der Waals surface area contributed by atoms with E-state index in [9.17, 15) is 4.79 Å². The summed E-state index contributed by atoms with van der Waals surface area (Å²) in [5, 5.41) is 3.44. The first-order valence-electron chi connectivity index (χ1n) is 5.92. The number of piperidine rings is 1.